The summed E-state index contributed by atoms with van der Waals surface area (Å²) in [5.74, 6) is 0. The van der Waals surface area contributed by atoms with Crippen molar-refractivity contribution < 1.29 is 14.7 Å². The van der Waals surface area contributed by atoms with Crippen LogP contribution in [0.2, 0.25) is 5.02 Å². The molecule has 0 bridgehead atoms. The Morgan fingerprint density at radius 2 is 2.25 bits per heavy atom. The number of aliphatic hydroxyl groups is 1. The van der Waals surface area contributed by atoms with Crippen LogP contribution in [-0.2, 0) is 9.57 Å². The molecule has 2 atom stereocenters. The molecule has 24 heavy (non-hydrogen) atoms. The van der Waals surface area contributed by atoms with E-state index >= 15 is 0 Å². The van der Waals surface area contributed by atoms with E-state index in [0.29, 0.717) is 37.9 Å². The standard InChI is InChI=1S/C18H25ClN2O3/c1-3-9-21(11-16(22)13-23-4-2)12-17-10-18(20-24-17)14-5-7-15(19)8-6-14/h3,5-8,16-17,22H,1,4,9-13H2,2H3/t16-,17-/m1/s1. The number of ether oxygens (including phenoxy) is 1. The molecular weight excluding hydrogens is 328 g/mol. The molecule has 2 rings (SSSR count). The minimum Gasteiger partial charge on any atom is -0.390 e. The predicted molar refractivity (Wildman–Crippen MR) is 96.6 cm³/mol. The van der Waals surface area contributed by atoms with Crippen molar-refractivity contribution in [2.24, 2.45) is 5.16 Å². The number of rotatable bonds is 10. The molecule has 0 aliphatic carbocycles. The summed E-state index contributed by atoms with van der Waals surface area (Å²) in [5, 5.41) is 14.9. The molecule has 1 aromatic rings. The molecule has 0 saturated carbocycles. The van der Waals surface area contributed by atoms with Gasteiger partial charge in [0.15, 0.2) is 0 Å². The van der Waals surface area contributed by atoms with Gasteiger partial charge in [0.1, 0.15) is 6.10 Å². The second-order valence-corrected chi connectivity index (χ2v) is 6.23. The van der Waals surface area contributed by atoms with E-state index in [0.717, 1.165) is 17.7 Å². The lowest BCUT2D eigenvalue weighted by molar-refractivity contribution is 0.00581. The number of oxime groups is 1. The van der Waals surface area contributed by atoms with Crippen LogP contribution in [0.4, 0.5) is 0 Å². The molecule has 0 spiro atoms. The molecule has 0 radical (unpaired) electrons. The number of hydrogen-bond donors (Lipinski definition) is 1. The van der Waals surface area contributed by atoms with Crippen LogP contribution >= 0.6 is 11.6 Å². The van der Waals surface area contributed by atoms with E-state index in [4.69, 9.17) is 21.2 Å². The van der Waals surface area contributed by atoms with Gasteiger partial charge in [0.25, 0.3) is 0 Å². The fraction of sp³-hybridized carbons (Fsp3) is 0.500. The monoisotopic (exact) mass is 352 g/mol. The summed E-state index contributed by atoms with van der Waals surface area (Å²) in [6.45, 7) is 8.50. The first-order chi connectivity index (χ1) is 11.6. The Bertz CT molecular complexity index is 548. The van der Waals surface area contributed by atoms with Gasteiger partial charge in [-0.3, -0.25) is 4.90 Å². The van der Waals surface area contributed by atoms with Crippen LogP contribution in [0.1, 0.15) is 18.9 Å². The number of aliphatic hydroxyl groups excluding tert-OH is 1. The van der Waals surface area contributed by atoms with Gasteiger partial charge in [-0.1, -0.05) is 35.0 Å². The first-order valence-electron chi connectivity index (χ1n) is 8.20. The third-order valence-electron chi connectivity index (χ3n) is 3.74. The largest absolute Gasteiger partial charge is 0.390 e. The SMILES string of the molecule is C=CCN(C[C@@H](O)COCC)C[C@H]1CC(c2ccc(Cl)cc2)=NO1. The number of halogens is 1. The molecule has 1 aliphatic heterocycles. The van der Waals surface area contributed by atoms with Gasteiger partial charge in [-0.05, 0) is 24.6 Å². The minimum atomic E-state index is -0.525. The molecule has 0 amide bonds. The quantitative estimate of drug-likeness (QED) is 0.658. The second-order valence-electron chi connectivity index (χ2n) is 5.80. The zero-order chi connectivity index (χ0) is 17.4. The highest BCUT2D eigenvalue weighted by molar-refractivity contribution is 6.30. The Balaban J connectivity index is 1.85. The van der Waals surface area contributed by atoms with Gasteiger partial charge in [-0.15, -0.1) is 6.58 Å². The molecule has 0 fully saturated rings. The number of benzene rings is 1. The molecule has 0 saturated heterocycles. The van der Waals surface area contributed by atoms with E-state index < -0.39 is 6.10 Å². The molecule has 1 heterocycles. The summed E-state index contributed by atoms with van der Waals surface area (Å²) in [4.78, 5) is 7.65. The van der Waals surface area contributed by atoms with Gasteiger partial charge in [0.2, 0.25) is 0 Å². The van der Waals surface area contributed by atoms with Crippen molar-refractivity contribution in [1.82, 2.24) is 4.90 Å². The Labute approximate surface area is 148 Å². The van der Waals surface area contributed by atoms with E-state index in [-0.39, 0.29) is 6.10 Å². The van der Waals surface area contributed by atoms with Crippen LogP contribution in [0, 0.1) is 0 Å². The van der Waals surface area contributed by atoms with Crippen LogP contribution in [0.15, 0.2) is 42.1 Å². The topological polar surface area (TPSA) is 54.3 Å². The molecule has 1 N–H and O–H groups in total. The Morgan fingerprint density at radius 3 is 2.92 bits per heavy atom. The summed E-state index contributed by atoms with van der Waals surface area (Å²) in [6, 6.07) is 7.59. The van der Waals surface area contributed by atoms with E-state index in [1.807, 2.05) is 37.3 Å². The third-order valence-corrected chi connectivity index (χ3v) is 3.99. The predicted octanol–water partition coefficient (Wildman–Crippen LogP) is 2.72. The van der Waals surface area contributed by atoms with Gasteiger partial charge in [0, 0.05) is 37.7 Å². The lowest BCUT2D eigenvalue weighted by Crippen LogP contribution is -2.39. The normalized spacial score (nSPS) is 18.3. The fourth-order valence-corrected chi connectivity index (χ4v) is 2.76. The molecule has 0 aromatic heterocycles. The van der Waals surface area contributed by atoms with Gasteiger partial charge < -0.3 is 14.7 Å². The van der Waals surface area contributed by atoms with Crippen LogP contribution in [0.3, 0.4) is 0 Å². The van der Waals surface area contributed by atoms with Crippen LogP contribution < -0.4 is 0 Å². The van der Waals surface area contributed by atoms with Gasteiger partial charge >= 0.3 is 0 Å². The van der Waals surface area contributed by atoms with Crippen molar-refractivity contribution in [3.63, 3.8) is 0 Å². The molecule has 132 valence electrons. The summed E-state index contributed by atoms with van der Waals surface area (Å²) in [6.07, 6.45) is 2.00. The van der Waals surface area contributed by atoms with Crippen molar-refractivity contribution in [2.45, 2.75) is 25.6 Å². The van der Waals surface area contributed by atoms with Crippen molar-refractivity contribution in [3.05, 3.63) is 47.5 Å². The van der Waals surface area contributed by atoms with Gasteiger partial charge in [-0.25, -0.2) is 0 Å². The minimum absolute atomic E-state index is 0.0325. The number of hydrogen-bond acceptors (Lipinski definition) is 5. The molecule has 5 nitrogen and oxygen atoms in total. The summed E-state index contributed by atoms with van der Waals surface area (Å²) in [5.41, 5.74) is 1.94. The summed E-state index contributed by atoms with van der Waals surface area (Å²) in [7, 11) is 0. The Morgan fingerprint density at radius 1 is 1.50 bits per heavy atom. The summed E-state index contributed by atoms with van der Waals surface area (Å²) >= 11 is 5.91. The second kappa shape index (κ2) is 9.79. The van der Waals surface area contributed by atoms with Gasteiger partial charge in [-0.2, -0.15) is 0 Å². The van der Waals surface area contributed by atoms with Crippen molar-refractivity contribution in [2.75, 3.05) is 32.8 Å². The Hall–Kier alpha value is -1.40. The van der Waals surface area contributed by atoms with Crippen LogP contribution in [0.25, 0.3) is 0 Å². The Kier molecular flexibility index (Phi) is 7.72. The molecule has 1 aromatic carbocycles. The number of nitrogens with zero attached hydrogens (tertiary/aromatic N) is 2. The smallest absolute Gasteiger partial charge is 0.145 e. The van der Waals surface area contributed by atoms with Gasteiger partial charge in [0.05, 0.1) is 18.4 Å². The fourth-order valence-electron chi connectivity index (χ4n) is 2.64. The maximum Gasteiger partial charge on any atom is 0.145 e. The average Bonchev–Trinajstić information content (AvgIpc) is 3.02. The molecule has 1 aliphatic rings. The van der Waals surface area contributed by atoms with E-state index in [9.17, 15) is 5.11 Å². The van der Waals surface area contributed by atoms with Crippen LogP contribution in [-0.4, -0.2) is 60.8 Å². The van der Waals surface area contributed by atoms with E-state index in [1.165, 1.54) is 0 Å². The molecule has 0 unspecified atom stereocenters. The zero-order valence-electron chi connectivity index (χ0n) is 14.0. The van der Waals surface area contributed by atoms with Crippen LogP contribution in [0.5, 0.6) is 0 Å². The molecular formula is C18H25ClN2O3. The summed E-state index contributed by atoms with van der Waals surface area (Å²) < 4.78 is 5.26. The van der Waals surface area contributed by atoms with E-state index in [1.54, 1.807) is 0 Å². The first-order valence-corrected chi connectivity index (χ1v) is 8.57. The molecule has 6 heteroatoms. The van der Waals surface area contributed by atoms with Crippen molar-refractivity contribution in [1.29, 1.82) is 0 Å². The highest BCUT2D eigenvalue weighted by Gasteiger charge is 2.25. The maximum absolute atomic E-state index is 10.0. The first kappa shape index (κ1) is 18.9. The maximum atomic E-state index is 10.0. The average molecular weight is 353 g/mol. The third kappa shape index (κ3) is 5.91. The lowest BCUT2D eigenvalue weighted by Gasteiger charge is -2.25. The highest BCUT2D eigenvalue weighted by atomic mass is 35.5. The van der Waals surface area contributed by atoms with E-state index in [2.05, 4.69) is 16.6 Å². The zero-order valence-corrected chi connectivity index (χ0v) is 14.8. The lowest BCUT2D eigenvalue weighted by atomic mass is 10.0. The van der Waals surface area contributed by atoms with Crippen molar-refractivity contribution in [3.8, 4) is 0 Å². The van der Waals surface area contributed by atoms with Crippen molar-refractivity contribution >= 4 is 17.3 Å². The highest BCUT2D eigenvalue weighted by Crippen LogP contribution is 2.19.